The molecule has 1 unspecified atom stereocenters. The van der Waals surface area contributed by atoms with Gasteiger partial charge in [-0.15, -0.1) is 11.3 Å². The molecule has 1 aromatic carbocycles. The van der Waals surface area contributed by atoms with Crippen molar-refractivity contribution in [1.82, 2.24) is 0 Å². The van der Waals surface area contributed by atoms with Gasteiger partial charge in [0.1, 0.15) is 6.29 Å². The first-order valence-electron chi connectivity index (χ1n) is 4.50. The van der Waals surface area contributed by atoms with Gasteiger partial charge in [-0.25, -0.2) is 0 Å². The molecule has 0 fully saturated rings. The second-order valence-electron chi connectivity index (χ2n) is 3.22. The normalized spacial score (nSPS) is 12.6. The van der Waals surface area contributed by atoms with Crippen molar-refractivity contribution in [2.45, 2.75) is 13.0 Å². The van der Waals surface area contributed by atoms with Crippen LogP contribution in [0, 0.1) is 0 Å². The molecule has 0 amide bonds. The Morgan fingerprint density at radius 2 is 2.21 bits per heavy atom. The van der Waals surface area contributed by atoms with E-state index in [1.54, 1.807) is 11.3 Å². The van der Waals surface area contributed by atoms with E-state index in [1.165, 1.54) is 10.1 Å². The molecule has 2 nitrogen and oxygen atoms in total. The molecular weight excluding hydrogens is 194 g/mol. The number of rotatable bonds is 3. The van der Waals surface area contributed by atoms with E-state index in [-0.39, 0.29) is 6.04 Å². The van der Waals surface area contributed by atoms with Gasteiger partial charge in [0.2, 0.25) is 0 Å². The number of hydrogen-bond acceptors (Lipinski definition) is 3. The number of carbonyl (C=O) groups is 1. The molecule has 0 radical (unpaired) electrons. The molecule has 0 aliphatic heterocycles. The standard InChI is InChI=1S/C11H11NOS/c1-8(7-13)12-11-6-9-4-2-3-5-10(9)14-11/h2-8,12H,1H3. The van der Waals surface area contributed by atoms with Crippen LogP contribution in [0.4, 0.5) is 5.00 Å². The maximum atomic E-state index is 10.5. The summed E-state index contributed by atoms with van der Waals surface area (Å²) >= 11 is 1.67. The second kappa shape index (κ2) is 3.80. The predicted octanol–water partition coefficient (Wildman–Crippen LogP) is 2.90. The Morgan fingerprint density at radius 3 is 2.93 bits per heavy atom. The fourth-order valence-corrected chi connectivity index (χ4v) is 2.37. The molecule has 0 saturated heterocycles. The average molecular weight is 205 g/mol. The lowest BCUT2D eigenvalue weighted by Gasteiger charge is -2.03. The van der Waals surface area contributed by atoms with Crippen LogP contribution in [-0.2, 0) is 4.79 Å². The highest BCUT2D eigenvalue weighted by atomic mass is 32.1. The zero-order chi connectivity index (χ0) is 9.97. The van der Waals surface area contributed by atoms with Crippen LogP contribution in [0.5, 0.6) is 0 Å². The van der Waals surface area contributed by atoms with Gasteiger partial charge in [-0.1, -0.05) is 18.2 Å². The van der Waals surface area contributed by atoms with Gasteiger partial charge in [-0.3, -0.25) is 0 Å². The Balaban J connectivity index is 2.31. The van der Waals surface area contributed by atoms with E-state index in [4.69, 9.17) is 0 Å². The van der Waals surface area contributed by atoms with Gasteiger partial charge in [-0.2, -0.15) is 0 Å². The number of hydrogen-bond donors (Lipinski definition) is 1. The van der Waals surface area contributed by atoms with Crippen molar-refractivity contribution < 1.29 is 4.79 Å². The van der Waals surface area contributed by atoms with Crippen molar-refractivity contribution in [3.63, 3.8) is 0 Å². The smallest absolute Gasteiger partial charge is 0.141 e. The van der Waals surface area contributed by atoms with E-state index in [9.17, 15) is 4.79 Å². The number of aldehydes is 1. The van der Waals surface area contributed by atoms with Crippen molar-refractivity contribution in [2.75, 3.05) is 5.32 Å². The van der Waals surface area contributed by atoms with Gasteiger partial charge < -0.3 is 10.1 Å². The summed E-state index contributed by atoms with van der Waals surface area (Å²) in [6, 6.07) is 10.1. The monoisotopic (exact) mass is 205 g/mol. The molecule has 72 valence electrons. The third-order valence-electron chi connectivity index (χ3n) is 2.00. The molecule has 0 bridgehead atoms. The van der Waals surface area contributed by atoms with Crippen LogP contribution in [-0.4, -0.2) is 12.3 Å². The van der Waals surface area contributed by atoms with Gasteiger partial charge >= 0.3 is 0 Å². The van der Waals surface area contributed by atoms with Crippen molar-refractivity contribution in [1.29, 1.82) is 0 Å². The lowest BCUT2D eigenvalue weighted by molar-refractivity contribution is -0.108. The van der Waals surface area contributed by atoms with E-state index in [1.807, 2.05) is 19.1 Å². The van der Waals surface area contributed by atoms with Crippen LogP contribution in [0.15, 0.2) is 30.3 Å². The number of anilines is 1. The third kappa shape index (κ3) is 1.77. The first-order chi connectivity index (χ1) is 6.79. The van der Waals surface area contributed by atoms with Crippen LogP contribution in [0.2, 0.25) is 0 Å². The van der Waals surface area contributed by atoms with Crippen LogP contribution in [0.25, 0.3) is 10.1 Å². The molecule has 1 N–H and O–H groups in total. The predicted molar refractivity (Wildman–Crippen MR) is 61.0 cm³/mol. The summed E-state index contributed by atoms with van der Waals surface area (Å²) < 4.78 is 1.24. The molecule has 0 aliphatic rings. The molecule has 1 atom stereocenters. The quantitative estimate of drug-likeness (QED) is 0.781. The third-order valence-corrected chi connectivity index (χ3v) is 3.05. The zero-order valence-corrected chi connectivity index (χ0v) is 8.67. The highest BCUT2D eigenvalue weighted by molar-refractivity contribution is 7.22. The molecule has 0 aliphatic carbocycles. The fourth-order valence-electron chi connectivity index (χ4n) is 1.31. The first-order valence-corrected chi connectivity index (χ1v) is 5.31. The van der Waals surface area contributed by atoms with E-state index in [2.05, 4.69) is 23.5 Å². The Labute approximate surface area is 86.6 Å². The summed E-state index contributed by atoms with van der Waals surface area (Å²) in [7, 11) is 0. The minimum Gasteiger partial charge on any atom is -0.368 e. The van der Waals surface area contributed by atoms with Crippen molar-refractivity contribution >= 4 is 32.7 Å². The van der Waals surface area contributed by atoms with Crippen LogP contribution in [0.1, 0.15) is 6.92 Å². The van der Waals surface area contributed by atoms with E-state index >= 15 is 0 Å². The van der Waals surface area contributed by atoms with E-state index < -0.39 is 0 Å². The zero-order valence-electron chi connectivity index (χ0n) is 7.86. The topological polar surface area (TPSA) is 29.1 Å². The summed E-state index contributed by atoms with van der Waals surface area (Å²) in [5.41, 5.74) is 0. The Morgan fingerprint density at radius 1 is 1.43 bits per heavy atom. The van der Waals surface area contributed by atoms with E-state index in [0.717, 1.165) is 11.3 Å². The lowest BCUT2D eigenvalue weighted by atomic mass is 10.3. The average Bonchev–Trinajstić information content (AvgIpc) is 2.59. The summed E-state index contributed by atoms with van der Waals surface area (Å²) in [6.07, 6.45) is 0.907. The number of fused-ring (bicyclic) bond motifs is 1. The van der Waals surface area contributed by atoms with Gasteiger partial charge in [0.15, 0.2) is 0 Å². The van der Waals surface area contributed by atoms with Gasteiger partial charge in [0.25, 0.3) is 0 Å². The molecular formula is C11H11NOS. The molecule has 0 spiro atoms. The highest BCUT2D eigenvalue weighted by Gasteiger charge is 2.03. The van der Waals surface area contributed by atoms with Gasteiger partial charge in [-0.05, 0) is 24.4 Å². The summed E-state index contributed by atoms with van der Waals surface area (Å²) in [5, 5.41) is 5.40. The Bertz CT molecular complexity index is 416. The molecule has 2 rings (SSSR count). The Hall–Kier alpha value is -1.35. The minimum atomic E-state index is -0.122. The highest BCUT2D eigenvalue weighted by Crippen LogP contribution is 2.29. The number of benzene rings is 1. The summed E-state index contributed by atoms with van der Waals surface area (Å²) in [4.78, 5) is 10.5. The molecule has 2 aromatic rings. The second-order valence-corrected chi connectivity index (χ2v) is 4.30. The summed E-state index contributed by atoms with van der Waals surface area (Å²) in [6.45, 7) is 1.84. The van der Waals surface area contributed by atoms with Crippen molar-refractivity contribution in [2.24, 2.45) is 0 Å². The number of nitrogens with one attached hydrogen (secondary N) is 1. The maximum absolute atomic E-state index is 10.5. The molecule has 1 aromatic heterocycles. The van der Waals surface area contributed by atoms with Gasteiger partial charge in [0.05, 0.1) is 11.0 Å². The van der Waals surface area contributed by atoms with Crippen molar-refractivity contribution in [3.05, 3.63) is 30.3 Å². The van der Waals surface area contributed by atoms with Crippen LogP contribution in [0.3, 0.4) is 0 Å². The minimum absolute atomic E-state index is 0.122. The molecule has 1 heterocycles. The fraction of sp³-hybridized carbons (Fsp3) is 0.182. The van der Waals surface area contributed by atoms with Crippen LogP contribution >= 0.6 is 11.3 Å². The molecule has 3 heteroatoms. The SMILES string of the molecule is CC(C=O)Nc1cc2ccccc2s1. The molecule has 14 heavy (non-hydrogen) atoms. The Kier molecular flexibility index (Phi) is 2.50. The maximum Gasteiger partial charge on any atom is 0.141 e. The van der Waals surface area contributed by atoms with E-state index in [0.29, 0.717) is 0 Å². The number of thiophene rings is 1. The first kappa shape index (κ1) is 9.21. The van der Waals surface area contributed by atoms with Crippen molar-refractivity contribution in [3.8, 4) is 0 Å². The summed E-state index contributed by atoms with van der Waals surface area (Å²) in [5.74, 6) is 0. The largest absolute Gasteiger partial charge is 0.368 e. The molecule has 0 saturated carbocycles. The van der Waals surface area contributed by atoms with Gasteiger partial charge in [0, 0.05) is 4.70 Å². The lowest BCUT2D eigenvalue weighted by Crippen LogP contribution is -2.14. The number of carbonyl (C=O) groups excluding carboxylic acids is 1. The van der Waals surface area contributed by atoms with Crippen LogP contribution < -0.4 is 5.32 Å².